The molecule has 0 atom stereocenters. The molecule has 3 rings (SSSR count). The number of rotatable bonds is 1. The zero-order chi connectivity index (χ0) is 11.1. The van der Waals surface area contributed by atoms with E-state index < -0.39 is 0 Å². The van der Waals surface area contributed by atoms with Crippen LogP contribution in [-0.2, 0) is 0 Å². The third-order valence-corrected chi connectivity index (χ3v) is 4.02. The average molecular weight is 342 g/mol. The molecule has 1 aromatic carbocycles. The molecule has 0 spiro atoms. The molecule has 0 fully saturated rings. The van der Waals surface area contributed by atoms with E-state index in [-0.39, 0.29) is 0 Å². The molecule has 0 bridgehead atoms. The second-order valence-corrected chi connectivity index (χ2v) is 6.19. The number of anilines is 1. The first-order chi connectivity index (χ1) is 7.72. The molecule has 3 nitrogen and oxygen atoms in total. The number of halogens is 1. The number of nitrogens with zero attached hydrogens (tertiary/aromatic N) is 1. The summed E-state index contributed by atoms with van der Waals surface area (Å²) in [5, 5.41) is 2.04. The molecule has 0 saturated carbocycles. The zero-order valence-corrected chi connectivity index (χ0v) is 11.1. The van der Waals surface area contributed by atoms with Gasteiger partial charge in [-0.15, -0.1) is 11.3 Å². The molecule has 0 saturated heterocycles. The second kappa shape index (κ2) is 3.74. The summed E-state index contributed by atoms with van der Waals surface area (Å²) in [5.74, 6) is 0.653. The van der Waals surface area contributed by atoms with Gasteiger partial charge in [0.05, 0.1) is 2.88 Å². The number of nitrogens with two attached hydrogens (primary N) is 1. The van der Waals surface area contributed by atoms with Crippen molar-refractivity contribution in [2.24, 2.45) is 0 Å². The first kappa shape index (κ1) is 10.1. The topological polar surface area (TPSA) is 52.0 Å². The SMILES string of the molecule is Nc1ccc2nc(-c3csc(I)c3)oc2c1. The van der Waals surface area contributed by atoms with E-state index in [4.69, 9.17) is 10.2 Å². The Balaban J connectivity index is 2.18. The van der Waals surface area contributed by atoms with Crippen molar-refractivity contribution in [3.05, 3.63) is 32.5 Å². The van der Waals surface area contributed by atoms with Crippen molar-refractivity contribution in [1.82, 2.24) is 4.98 Å². The molecule has 5 heteroatoms. The predicted molar refractivity (Wildman–Crippen MR) is 74.5 cm³/mol. The highest BCUT2D eigenvalue weighted by atomic mass is 127. The van der Waals surface area contributed by atoms with Crippen molar-refractivity contribution in [3.8, 4) is 11.5 Å². The van der Waals surface area contributed by atoms with E-state index >= 15 is 0 Å². The fourth-order valence-electron chi connectivity index (χ4n) is 1.49. The van der Waals surface area contributed by atoms with Crippen LogP contribution in [0.25, 0.3) is 22.6 Å². The number of hydrogen-bond acceptors (Lipinski definition) is 4. The van der Waals surface area contributed by atoms with Gasteiger partial charge < -0.3 is 10.2 Å². The van der Waals surface area contributed by atoms with Crippen molar-refractivity contribution >= 4 is 50.7 Å². The van der Waals surface area contributed by atoms with Gasteiger partial charge in [-0.1, -0.05) is 0 Å². The van der Waals surface area contributed by atoms with Crippen LogP contribution in [0, 0.1) is 2.88 Å². The Hall–Kier alpha value is -1.08. The van der Waals surface area contributed by atoms with Crippen LogP contribution in [0.3, 0.4) is 0 Å². The Morgan fingerprint density at radius 3 is 2.94 bits per heavy atom. The molecular weight excluding hydrogens is 335 g/mol. The number of nitrogen functional groups attached to an aromatic ring is 1. The number of fused-ring (bicyclic) bond motifs is 1. The van der Waals surface area contributed by atoms with Gasteiger partial charge in [0.25, 0.3) is 0 Å². The van der Waals surface area contributed by atoms with E-state index in [0.717, 1.165) is 16.7 Å². The molecule has 0 aliphatic carbocycles. The Morgan fingerprint density at radius 2 is 2.19 bits per heavy atom. The summed E-state index contributed by atoms with van der Waals surface area (Å²) in [6.45, 7) is 0. The van der Waals surface area contributed by atoms with Crippen LogP contribution in [0.2, 0.25) is 0 Å². The van der Waals surface area contributed by atoms with E-state index in [9.17, 15) is 0 Å². The third kappa shape index (κ3) is 1.69. The van der Waals surface area contributed by atoms with Crippen LogP contribution >= 0.6 is 33.9 Å². The molecule has 16 heavy (non-hydrogen) atoms. The quantitative estimate of drug-likeness (QED) is 0.541. The number of benzene rings is 1. The van der Waals surface area contributed by atoms with Crippen molar-refractivity contribution in [3.63, 3.8) is 0 Å². The molecule has 0 aliphatic rings. The standard InChI is InChI=1S/C11H7IN2OS/c12-10-3-6(5-16-10)11-14-8-2-1-7(13)4-9(8)15-11/h1-5H,13H2. The summed E-state index contributed by atoms with van der Waals surface area (Å²) in [7, 11) is 0. The summed E-state index contributed by atoms with van der Waals surface area (Å²) >= 11 is 3.95. The fraction of sp³-hybridized carbons (Fsp3) is 0. The van der Waals surface area contributed by atoms with Gasteiger partial charge in [0.2, 0.25) is 5.89 Å². The van der Waals surface area contributed by atoms with Gasteiger partial charge in [0.1, 0.15) is 5.52 Å². The van der Waals surface area contributed by atoms with E-state index in [0.29, 0.717) is 11.6 Å². The smallest absolute Gasteiger partial charge is 0.228 e. The minimum absolute atomic E-state index is 0.653. The lowest BCUT2D eigenvalue weighted by atomic mass is 10.3. The fourth-order valence-corrected chi connectivity index (χ4v) is 2.81. The number of thiophene rings is 1. The van der Waals surface area contributed by atoms with Crippen LogP contribution in [-0.4, -0.2) is 4.98 Å². The lowest BCUT2D eigenvalue weighted by Crippen LogP contribution is -1.81. The molecule has 2 aromatic heterocycles. The van der Waals surface area contributed by atoms with Crippen LogP contribution in [0.5, 0.6) is 0 Å². The largest absolute Gasteiger partial charge is 0.436 e. The Kier molecular flexibility index (Phi) is 2.36. The molecule has 2 heterocycles. The maximum absolute atomic E-state index is 5.69. The number of aromatic nitrogens is 1. The third-order valence-electron chi connectivity index (χ3n) is 2.23. The summed E-state index contributed by atoms with van der Waals surface area (Å²) in [5.41, 5.74) is 8.97. The van der Waals surface area contributed by atoms with Crippen LogP contribution in [0.1, 0.15) is 0 Å². The monoisotopic (exact) mass is 342 g/mol. The van der Waals surface area contributed by atoms with Gasteiger partial charge in [-0.25, -0.2) is 4.98 Å². The highest BCUT2D eigenvalue weighted by molar-refractivity contribution is 14.1. The maximum atomic E-state index is 5.69. The van der Waals surface area contributed by atoms with Gasteiger partial charge in [-0.05, 0) is 40.8 Å². The second-order valence-electron chi connectivity index (χ2n) is 3.39. The molecule has 80 valence electrons. The Bertz CT molecular complexity index is 659. The van der Waals surface area contributed by atoms with E-state index in [1.54, 1.807) is 17.4 Å². The summed E-state index contributed by atoms with van der Waals surface area (Å²) < 4.78 is 6.88. The Morgan fingerprint density at radius 1 is 1.31 bits per heavy atom. The van der Waals surface area contributed by atoms with Crippen LogP contribution in [0.4, 0.5) is 5.69 Å². The molecule has 0 amide bonds. The molecule has 2 N–H and O–H groups in total. The van der Waals surface area contributed by atoms with Crippen molar-refractivity contribution in [1.29, 1.82) is 0 Å². The lowest BCUT2D eigenvalue weighted by molar-refractivity contribution is 0.620. The minimum atomic E-state index is 0.653. The predicted octanol–water partition coefficient (Wildman–Crippen LogP) is 3.74. The summed E-state index contributed by atoms with van der Waals surface area (Å²) in [6, 6.07) is 7.55. The van der Waals surface area contributed by atoms with Crippen LogP contribution < -0.4 is 5.73 Å². The first-order valence-electron chi connectivity index (χ1n) is 4.63. The highest BCUT2D eigenvalue weighted by Gasteiger charge is 2.09. The van der Waals surface area contributed by atoms with Crippen molar-refractivity contribution in [2.75, 3.05) is 5.73 Å². The van der Waals surface area contributed by atoms with E-state index in [2.05, 4.69) is 33.6 Å². The van der Waals surface area contributed by atoms with E-state index in [1.165, 1.54) is 2.88 Å². The van der Waals surface area contributed by atoms with Gasteiger partial charge in [-0.2, -0.15) is 0 Å². The van der Waals surface area contributed by atoms with Gasteiger partial charge in [0.15, 0.2) is 5.58 Å². The zero-order valence-electron chi connectivity index (χ0n) is 8.11. The molecule has 0 radical (unpaired) electrons. The van der Waals surface area contributed by atoms with E-state index in [1.807, 2.05) is 17.5 Å². The van der Waals surface area contributed by atoms with Crippen LogP contribution in [0.15, 0.2) is 34.1 Å². The molecule has 3 aromatic rings. The lowest BCUT2D eigenvalue weighted by Gasteiger charge is -1.88. The number of hydrogen-bond donors (Lipinski definition) is 1. The van der Waals surface area contributed by atoms with Gasteiger partial charge in [-0.3, -0.25) is 0 Å². The normalized spacial score (nSPS) is 11.1. The van der Waals surface area contributed by atoms with Crippen molar-refractivity contribution in [2.45, 2.75) is 0 Å². The van der Waals surface area contributed by atoms with Gasteiger partial charge in [0, 0.05) is 22.7 Å². The van der Waals surface area contributed by atoms with Gasteiger partial charge >= 0.3 is 0 Å². The molecule has 0 aliphatic heterocycles. The summed E-state index contributed by atoms with van der Waals surface area (Å²) in [6.07, 6.45) is 0. The first-order valence-corrected chi connectivity index (χ1v) is 6.59. The Labute approximate surface area is 109 Å². The summed E-state index contributed by atoms with van der Waals surface area (Å²) in [4.78, 5) is 4.42. The van der Waals surface area contributed by atoms with Crippen molar-refractivity contribution < 1.29 is 4.42 Å². The number of oxazole rings is 1. The average Bonchev–Trinajstić information content (AvgIpc) is 2.83. The molecular formula is C11H7IN2OS. The molecule has 0 unspecified atom stereocenters. The minimum Gasteiger partial charge on any atom is -0.436 e. The highest BCUT2D eigenvalue weighted by Crippen LogP contribution is 2.29. The maximum Gasteiger partial charge on any atom is 0.228 e.